The van der Waals surface area contributed by atoms with Crippen molar-refractivity contribution >= 4 is 45.0 Å². The number of fused-ring (bicyclic) bond motifs is 1. The number of nitrogens with zero attached hydrogens (tertiary/aromatic N) is 3. The van der Waals surface area contributed by atoms with E-state index in [4.69, 9.17) is 5.26 Å². The van der Waals surface area contributed by atoms with Crippen molar-refractivity contribution in [3.05, 3.63) is 46.8 Å². The highest BCUT2D eigenvalue weighted by Gasteiger charge is 2.15. The van der Waals surface area contributed by atoms with Gasteiger partial charge in [-0.3, -0.25) is 9.78 Å². The van der Waals surface area contributed by atoms with Crippen LogP contribution in [0, 0.1) is 32.1 Å². The Morgan fingerprint density at radius 1 is 1.23 bits per heavy atom. The molecule has 0 saturated heterocycles. The Labute approximate surface area is 160 Å². The van der Waals surface area contributed by atoms with Crippen LogP contribution in [0.15, 0.2) is 28.5 Å². The smallest absolute Gasteiger partial charge is 0.230 e. The number of amides is 1. The number of benzene rings is 1. The largest absolute Gasteiger partial charge is 0.302 e. The van der Waals surface area contributed by atoms with Crippen LogP contribution in [0.4, 0.5) is 5.13 Å². The van der Waals surface area contributed by atoms with Crippen molar-refractivity contribution in [3.8, 4) is 6.07 Å². The average molecular weight is 383 g/mol. The number of thioether (sulfide) groups is 1. The van der Waals surface area contributed by atoms with E-state index < -0.39 is 0 Å². The minimum absolute atomic E-state index is 0.112. The quantitative estimate of drug-likeness (QED) is 0.661. The number of thiazole rings is 1. The Hall–Kier alpha value is -2.43. The van der Waals surface area contributed by atoms with Gasteiger partial charge in [0.25, 0.3) is 0 Å². The molecule has 0 bridgehead atoms. The Morgan fingerprint density at radius 3 is 2.77 bits per heavy atom. The van der Waals surface area contributed by atoms with Crippen molar-refractivity contribution in [1.29, 1.82) is 5.26 Å². The highest BCUT2D eigenvalue weighted by Crippen LogP contribution is 2.32. The second-order valence-corrected chi connectivity index (χ2v) is 8.12. The topological polar surface area (TPSA) is 78.7 Å². The Kier molecular flexibility index (Phi) is 5.55. The van der Waals surface area contributed by atoms with Gasteiger partial charge in [-0.1, -0.05) is 41.3 Å². The number of carbonyl (C=O) groups is 1. The van der Waals surface area contributed by atoms with E-state index in [2.05, 4.69) is 21.4 Å². The molecule has 132 valence electrons. The maximum absolute atomic E-state index is 12.5. The summed E-state index contributed by atoms with van der Waals surface area (Å²) in [6, 6.07) is 10.1. The molecule has 0 spiro atoms. The molecule has 1 aromatic carbocycles. The lowest BCUT2D eigenvalue weighted by atomic mass is 9.99. The number of hydrogen-bond donors (Lipinski definition) is 1. The van der Waals surface area contributed by atoms with Gasteiger partial charge in [-0.2, -0.15) is 5.26 Å². The maximum Gasteiger partial charge on any atom is 0.230 e. The molecule has 1 amide bonds. The third kappa shape index (κ3) is 3.87. The number of nitriles is 1. The van der Waals surface area contributed by atoms with E-state index >= 15 is 0 Å². The summed E-state index contributed by atoms with van der Waals surface area (Å²) in [5, 5.41) is 13.2. The molecule has 0 fully saturated rings. The van der Waals surface area contributed by atoms with Gasteiger partial charge in [0, 0.05) is 11.1 Å². The second-order valence-electron chi connectivity index (χ2n) is 5.88. The maximum atomic E-state index is 12.5. The molecule has 3 aromatic rings. The zero-order valence-electron chi connectivity index (χ0n) is 14.8. The first-order valence-corrected chi connectivity index (χ1v) is 9.91. The van der Waals surface area contributed by atoms with Crippen LogP contribution in [0.3, 0.4) is 0 Å². The van der Waals surface area contributed by atoms with E-state index in [1.807, 2.05) is 45.0 Å². The fraction of sp³-hybridized carbons (Fsp3) is 0.263. The first-order chi connectivity index (χ1) is 12.5. The molecule has 0 aliphatic heterocycles. The number of para-hydroxylation sites is 1. The molecule has 0 aliphatic carbocycles. The monoisotopic (exact) mass is 382 g/mol. The molecular formula is C19H18N4OS2. The van der Waals surface area contributed by atoms with Crippen molar-refractivity contribution < 1.29 is 4.79 Å². The van der Waals surface area contributed by atoms with Crippen LogP contribution in [0.25, 0.3) is 10.9 Å². The summed E-state index contributed by atoms with van der Waals surface area (Å²) < 4.78 is 0.960. The number of rotatable bonds is 5. The summed E-state index contributed by atoms with van der Waals surface area (Å²) >= 11 is 2.84. The van der Waals surface area contributed by atoms with Crippen LogP contribution >= 0.6 is 23.1 Å². The molecule has 2 aromatic heterocycles. The molecule has 26 heavy (non-hydrogen) atoms. The Bertz CT molecular complexity index is 1020. The molecule has 2 heterocycles. The van der Waals surface area contributed by atoms with Crippen LogP contribution in [0.2, 0.25) is 0 Å². The van der Waals surface area contributed by atoms with Crippen LogP contribution in [-0.4, -0.2) is 21.6 Å². The van der Waals surface area contributed by atoms with Crippen molar-refractivity contribution in [2.75, 3.05) is 11.1 Å². The van der Waals surface area contributed by atoms with Crippen LogP contribution < -0.4 is 5.32 Å². The lowest BCUT2D eigenvalue weighted by Gasteiger charge is -2.12. The summed E-state index contributed by atoms with van der Waals surface area (Å²) in [6.45, 7) is 5.85. The van der Waals surface area contributed by atoms with E-state index in [9.17, 15) is 4.79 Å². The van der Waals surface area contributed by atoms with E-state index in [0.717, 1.165) is 37.6 Å². The SMILES string of the molecule is Cc1nc(NC(=O)Cc2c(C)nc3ccccc3c2C)sc1SCC#N. The normalized spacial score (nSPS) is 10.7. The zero-order chi connectivity index (χ0) is 18.7. The lowest BCUT2D eigenvalue weighted by molar-refractivity contribution is -0.115. The van der Waals surface area contributed by atoms with Crippen molar-refractivity contribution in [3.63, 3.8) is 0 Å². The van der Waals surface area contributed by atoms with E-state index in [1.165, 1.54) is 23.1 Å². The number of pyridine rings is 1. The van der Waals surface area contributed by atoms with Crippen LogP contribution in [-0.2, 0) is 11.2 Å². The predicted molar refractivity (Wildman–Crippen MR) is 107 cm³/mol. The third-order valence-electron chi connectivity index (χ3n) is 4.09. The van der Waals surface area contributed by atoms with Crippen molar-refractivity contribution in [2.24, 2.45) is 0 Å². The van der Waals surface area contributed by atoms with Crippen molar-refractivity contribution in [1.82, 2.24) is 9.97 Å². The van der Waals surface area contributed by atoms with Gasteiger partial charge < -0.3 is 5.32 Å². The molecule has 0 aliphatic rings. The molecular weight excluding hydrogens is 364 g/mol. The van der Waals surface area contributed by atoms with Gasteiger partial charge in [0.15, 0.2) is 5.13 Å². The predicted octanol–water partition coefficient (Wildman–Crippen LogP) is 4.41. The fourth-order valence-electron chi connectivity index (χ4n) is 2.82. The van der Waals surface area contributed by atoms with Crippen molar-refractivity contribution in [2.45, 2.75) is 31.4 Å². The second kappa shape index (κ2) is 7.85. The molecule has 5 nitrogen and oxygen atoms in total. The molecule has 7 heteroatoms. The molecule has 1 N–H and O–H groups in total. The summed E-state index contributed by atoms with van der Waals surface area (Å²) in [7, 11) is 0. The van der Waals surface area contributed by atoms with Crippen LogP contribution in [0.1, 0.15) is 22.5 Å². The number of nitrogens with one attached hydrogen (secondary N) is 1. The van der Waals surface area contributed by atoms with Gasteiger partial charge in [0.1, 0.15) is 0 Å². The summed E-state index contributed by atoms with van der Waals surface area (Å²) in [5.41, 5.74) is 4.70. The van der Waals surface area contributed by atoms with Gasteiger partial charge in [0.2, 0.25) is 5.91 Å². The minimum atomic E-state index is -0.112. The minimum Gasteiger partial charge on any atom is -0.302 e. The number of carbonyl (C=O) groups excluding carboxylic acids is 1. The average Bonchev–Trinajstić information content (AvgIpc) is 2.96. The van der Waals surface area contributed by atoms with E-state index in [1.54, 1.807) is 0 Å². The standard InChI is InChI=1S/C19H18N4OS2/c1-11-14-6-4-5-7-16(14)21-12(2)15(11)10-17(24)23-19-22-13(3)18(26-19)25-9-8-20/h4-7H,9-10H2,1-3H3,(H,22,23,24). The van der Waals surface area contributed by atoms with Crippen LogP contribution in [0.5, 0.6) is 0 Å². The van der Waals surface area contributed by atoms with Gasteiger partial charge >= 0.3 is 0 Å². The Morgan fingerprint density at radius 2 is 2.00 bits per heavy atom. The third-order valence-corrected chi connectivity index (χ3v) is 6.39. The summed E-state index contributed by atoms with van der Waals surface area (Å²) in [6.07, 6.45) is 0.259. The molecule has 3 rings (SSSR count). The zero-order valence-corrected chi connectivity index (χ0v) is 16.4. The number of aromatic nitrogens is 2. The fourth-order valence-corrected chi connectivity index (χ4v) is 4.64. The first-order valence-electron chi connectivity index (χ1n) is 8.11. The number of hydrogen-bond acceptors (Lipinski definition) is 6. The van der Waals surface area contributed by atoms with Gasteiger partial charge in [0.05, 0.1) is 33.7 Å². The van der Waals surface area contributed by atoms with E-state index in [-0.39, 0.29) is 12.3 Å². The van der Waals surface area contributed by atoms with Gasteiger partial charge in [-0.25, -0.2) is 4.98 Å². The number of aryl methyl sites for hydroxylation is 3. The summed E-state index contributed by atoms with van der Waals surface area (Å²) in [4.78, 5) is 21.5. The number of anilines is 1. The first kappa shape index (κ1) is 18.4. The highest BCUT2D eigenvalue weighted by atomic mass is 32.2. The molecule has 0 atom stereocenters. The molecule has 0 unspecified atom stereocenters. The van der Waals surface area contributed by atoms with E-state index in [0.29, 0.717) is 10.9 Å². The Balaban J connectivity index is 1.79. The highest BCUT2D eigenvalue weighted by molar-refractivity contribution is 8.01. The molecule has 0 saturated carbocycles. The van der Waals surface area contributed by atoms with Gasteiger partial charge in [-0.15, -0.1) is 0 Å². The van der Waals surface area contributed by atoms with Gasteiger partial charge in [-0.05, 0) is 38.0 Å². The lowest BCUT2D eigenvalue weighted by Crippen LogP contribution is -2.16. The summed E-state index contributed by atoms with van der Waals surface area (Å²) in [5.74, 6) is 0.260. The molecule has 0 radical (unpaired) electrons.